The topological polar surface area (TPSA) is 59.9 Å². The molecule has 2 rings (SSSR count). The van der Waals surface area contributed by atoms with Crippen LogP contribution in [0.25, 0.3) is 0 Å². The fraction of sp³-hybridized carbons (Fsp3) is 0.571. The number of aromatic nitrogens is 2. The molecule has 1 heterocycles. The van der Waals surface area contributed by atoms with Crippen molar-refractivity contribution in [2.75, 3.05) is 0 Å². The van der Waals surface area contributed by atoms with Crippen LogP contribution in [0.15, 0.2) is 12.4 Å². The first-order valence-corrected chi connectivity index (χ1v) is 6.29. The SMILES string of the molecule is Cc1cc(C(=O)C2CCCC(C)(C)C2=O)ncn1. The number of rotatable bonds is 2. The van der Waals surface area contributed by atoms with E-state index in [1.165, 1.54) is 6.33 Å². The maximum Gasteiger partial charge on any atom is 0.191 e. The molecule has 4 heteroatoms. The van der Waals surface area contributed by atoms with Crippen LogP contribution in [0.1, 0.15) is 49.3 Å². The second-order valence-electron chi connectivity index (χ2n) is 5.60. The van der Waals surface area contributed by atoms with E-state index in [1.54, 1.807) is 6.07 Å². The van der Waals surface area contributed by atoms with Gasteiger partial charge in [-0.1, -0.05) is 20.3 Å². The van der Waals surface area contributed by atoms with E-state index in [0.717, 1.165) is 18.5 Å². The lowest BCUT2D eigenvalue weighted by Gasteiger charge is -2.32. The molecule has 0 saturated heterocycles. The molecule has 0 aromatic carbocycles. The number of nitrogens with zero attached hydrogens (tertiary/aromatic N) is 2. The maximum absolute atomic E-state index is 12.3. The van der Waals surface area contributed by atoms with Crippen molar-refractivity contribution in [3.05, 3.63) is 23.8 Å². The lowest BCUT2D eigenvalue weighted by atomic mass is 9.69. The molecule has 1 aliphatic carbocycles. The zero-order valence-corrected chi connectivity index (χ0v) is 11.1. The molecule has 96 valence electrons. The van der Waals surface area contributed by atoms with Crippen molar-refractivity contribution in [1.82, 2.24) is 9.97 Å². The number of aryl methyl sites for hydroxylation is 1. The summed E-state index contributed by atoms with van der Waals surface area (Å²) in [6, 6.07) is 1.65. The third-order valence-electron chi connectivity index (χ3n) is 3.65. The van der Waals surface area contributed by atoms with Crippen molar-refractivity contribution in [3.63, 3.8) is 0 Å². The molecule has 0 N–H and O–H groups in total. The van der Waals surface area contributed by atoms with Crippen molar-refractivity contribution >= 4 is 11.6 Å². The Morgan fingerprint density at radius 2 is 2.11 bits per heavy atom. The molecular formula is C14H18N2O2. The lowest BCUT2D eigenvalue weighted by Crippen LogP contribution is -2.39. The van der Waals surface area contributed by atoms with E-state index in [-0.39, 0.29) is 17.0 Å². The van der Waals surface area contributed by atoms with E-state index < -0.39 is 5.92 Å². The van der Waals surface area contributed by atoms with Crippen LogP contribution in [0, 0.1) is 18.3 Å². The fourth-order valence-corrected chi connectivity index (χ4v) is 2.49. The molecule has 1 unspecified atom stereocenters. The van der Waals surface area contributed by atoms with Crippen LogP contribution in [0.5, 0.6) is 0 Å². The Hall–Kier alpha value is -1.58. The number of hydrogen-bond donors (Lipinski definition) is 0. The van der Waals surface area contributed by atoms with Crippen molar-refractivity contribution in [1.29, 1.82) is 0 Å². The van der Waals surface area contributed by atoms with Crippen LogP contribution in [0.4, 0.5) is 0 Å². The van der Waals surface area contributed by atoms with E-state index >= 15 is 0 Å². The number of carbonyl (C=O) groups excluding carboxylic acids is 2. The number of hydrogen-bond acceptors (Lipinski definition) is 4. The number of Topliss-reactive ketones (excluding diaryl/α,β-unsaturated/α-hetero) is 2. The smallest absolute Gasteiger partial charge is 0.191 e. The predicted octanol–water partition coefficient (Wildman–Crippen LogP) is 2.36. The second kappa shape index (κ2) is 4.59. The van der Waals surface area contributed by atoms with Gasteiger partial charge in [0, 0.05) is 11.1 Å². The van der Waals surface area contributed by atoms with Gasteiger partial charge >= 0.3 is 0 Å². The zero-order chi connectivity index (χ0) is 13.3. The quantitative estimate of drug-likeness (QED) is 0.593. The summed E-state index contributed by atoms with van der Waals surface area (Å²) in [4.78, 5) is 32.6. The van der Waals surface area contributed by atoms with E-state index in [1.807, 2.05) is 20.8 Å². The monoisotopic (exact) mass is 246 g/mol. The standard InChI is InChI=1S/C14H18N2O2/c1-9-7-11(16-8-15-9)12(17)10-5-4-6-14(2,3)13(10)18/h7-8,10H,4-6H2,1-3H3. The molecule has 0 spiro atoms. The molecule has 18 heavy (non-hydrogen) atoms. The lowest BCUT2D eigenvalue weighted by molar-refractivity contribution is -0.132. The minimum atomic E-state index is -0.525. The molecule has 1 fully saturated rings. The average Bonchev–Trinajstić information content (AvgIpc) is 2.32. The highest BCUT2D eigenvalue weighted by molar-refractivity contribution is 6.11. The minimum Gasteiger partial charge on any atom is -0.298 e. The van der Waals surface area contributed by atoms with Crippen LogP contribution in [-0.2, 0) is 4.79 Å². The largest absolute Gasteiger partial charge is 0.298 e. The second-order valence-corrected chi connectivity index (χ2v) is 5.60. The summed E-state index contributed by atoms with van der Waals surface area (Å²) in [6.07, 6.45) is 3.79. The number of ketones is 2. The summed E-state index contributed by atoms with van der Waals surface area (Å²) in [5.41, 5.74) is 0.718. The van der Waals surface area contributed by atoms with Gasteiger partial charge in [0.1, 0.15) is 17.8 Å². The average molecular weight is 246 g/mol. The summed E-state index contributed by atoms with van der Waals surface area (Å²) < 4.78 is 0. The van der Waals surface area contributed by atoms with Gasteiger partial charge in [-0.15, -0.1) is 0 Å². The molecule has 1 atom stereocenters. The Labute approximate surface area is 107 Å². The van der Waals surface area contributed by atoms with E-state index in [2.05, 4.69) is 9.97 Å². The van der Waals surface area contributed by atoms with Crippen LogP contribution in [0.2, 0.25) is 0 Å². The Morgan fingerprint density at radius 3 is 2.78 bits per heavy atom. The highest BCUT2D eigenvalue weighted by Crippen LogP contribution is 2.36. The van der Waals surface area contributed by atoms with Gasteiger partial charge in [-0.25, -0.2) is 9.97 Å². The molecule has 1 aliphatic rings. The molecule has 0 bridgehead atoms. The molecule has 0 amide bonds. The Balaban J connectivity index is 2.26. The summed E-state index contributed by atoms with van der Waals surface area (Å²) in [5, 5.41) is 0. The molecule has 1 aromatic rings. The van der Waals surface area contributed by atoms with Gasteiger partial charge in [-0.2, -0.15) is 0 Å². The van der Waals surface area contributed by atoms with Crippen LogP contribution < -0.4 is 0 Å². The summed E-state index contributed by atoms with van der Waals surface area (Å²) in [6.45, 7) is 5.64. The van der Waals surface area contributed by atoms with Crippen LogP contribution in [0.3, 0.4) is 0 Å². The highest BCUT2D eigenvalue weighted by atomic mass is 16.2. The van der Waals surface area contributed by atoms with E-state index in [9.17, 15) is 9.59 Å². The van der Waals surface area contributed by atoms with Gasteiger partial charge in [0.25, 0.3) is 0 Å². The summed E-state index contributed by atoms with van der Waals surface area (Å²) in [7, 11) is 0. The van der Waals surface area contributed by atoms with Gasteiger partial charge in [0.05, 0.1) is 5.92 Å². The Kier molecular flexibility index (Phi) is 3.28. The van der Waals surface area contributed by atoms with E-state index in [0.29, 0.717) is 12.1 Å². The van der Waals surface area contributed by atoms with Crippen molar-refractivity contribution < 1.29 is 9.59 Å². The summed E-state index contributed by atoms with van der Waals surface area (Å²) >= 11 is 0. The van der Waals surface area contributed by atoms with E-state index in [4.69, 9.17) is 0 Å². The third-order valence-corrected chi connectivity index (χ3v) is 3.65. The fourth-order valence-electron chi connectivity index (χ4n) is 2.49. The molecular weight excluding hydrogens is 228 g/mol. The third kappa shape index (κ3) is 2.33. The van der Waals surface area contributed by atoms with Gasteiger partial charge in [0.2, 0.25) is 0 Å². The van der Waals surface area contributed by atoms with Crippen LogP contribution in [-0.4, -0.2) is 21.5 Å². The minimum absolute atomic E-state index is 0.0509. The zero-order valence-electron chi connectivity index (χ0n) is 11.1. The Bertz CT molecular complexity index is 494. The highest BCUT2D eigenvalue weighted by Gasteiger charge is 2.41. The van der Waals surface area contributed by atoms with Gasteiger partial charge < -0.3 is 0 Å². The normalized spacial score (nSPS) is 22.8. The van der Waals surface area contributed by atoms with Gasteiger partial charge in [-0.3, -0.25) is 9.59 Å². The first kappa shape index (κ1) is 12.9. The molecule has 0 radical (unpaired) electrons. The van der Waals surface area contributed by atoms with Crippen LogP contribution >= 0.6 is 0 Å². The molecule has 4 nitrogen and oxygen atoms in total. The first-order chi connectivity index (χ1) is 8.42. The first-order valence-electron chi connectivity index (χ1n) is 6.29. The van der Waals surface area contributed by atoms with Crippen molar-refractivity contribution in [3.8, 4) is 0 Å². The Morgan fingerprint density at radius 1 is 1.39 bits per heavy atom. The molecule has 1 saturated carbocycles. The van der Waals surface area contributed by atoms with Gasteiger partial charge in [0.15, 0.2) is 5.78 Å². The molecule has 0 aliphatic heterocycles. The van der Waals surface area contributed by atoms with Crippen molar-refractivity contribution in [2.24, 2.45) is 11.3 Å². The predicted molar refractivity (Wildman–Crippen MR) is 67.2 cm³/mol. The number of carbonyl (C=O) groups is 2. The maximum atomic E-state index is 12.3. The summed E-state index contributed by atoms with van der Waals surface area (Å²) in [5.74, 6) is -0.628. The molecule has 1 aromatic heterocycles. The van der Waals surface area contributed by atoms with Gasteiger partial charge in [-0.05, 0) is 25.8 Å². The van der Waals surface area contributed by atoms with Crippen molar-refractivity contribution in [2.45, 2.75) is 40.0 Å².